The second kappa shape index (κ2) is 8.63. The Labute approximate surface area is 167 Å². The van der Waals surface area contributed by atoms with E-state index in [0.29, 0.717) is 28.6 Å². The van der Waals surface area contributed by atoms with Crippen LogP contribution in [0.3, 0.4) is 0 Å². The van der Waals surface area contributed by atoms with Crippen molar-refractivity contribution in [3.8, 4) is 23.3 Å². The topological polar surface area (TPSA) is 84.8 Å². The lowest BCUT2D eigenvalue weighted by Crippen LogP contribution is -2.00. The standard InChI is InChI=1S/C23H16N4O2/c24-14-18-10-12-22(26-15-18)28-16-19-21(11-9-17-6-2-1-3-7-17)29-27-23(19)20-8-4-5-13-25-20/h1-13,15H,16H2. The highest BCUT2D eigenvalue weighted by molar-refractivity contribution is 5.72. The molecule has 0 unspecified atom stereocenters. The molecule has 0 aliphatic carbocycles. The smallest absolute Gasteiger partial charge is 0.213 e. The van der Waals surface area contributed by atoms with E-state index in [0.717, 1.165) is 11.1 Å². The Bertz CT molecular complexity index is 1150. The van der Waals surface area contributed by atoms with Crippen molar-refractivity contribution in [1.82, 2.24) is 15.1 Å². The molecule has 0 fully saturated rings. The Morgan fingerprint density at radius 1 is 0.966 bits per heavy atom. The van der Waals surface area contributed by atoms with E-state index >= 15 is 0 Å². The number of aromatic nitrogens is 3. The van der Waals surface area contributed by atoms with Crippen LogP contribution in [-0.4, -0.2) is 15.1 Å². The first kappa shape index (κ1) is 18.1. The first-order chi connectivity index (χ1) is 14.3. The average Bonchev–Trinajstić information content (AvgIpc) is 3.20. The van der Waals surface area contributed by atoms with Crippen molar-refractivity contribution in [3.05, 3.63) is 95.5 Å². The van der Waals surface area contributed by atoms with Gasteiger partial charge in [0.2, 0.25) is 5.88 Å². The van der Waals surface area contributed by atoms with Gasteiger partial charge in [0.05, 0.1) is 16.8 Å². The lowest BCUT2D eigenvalue weighted by Gasteiger charge is -2.06. The molecule has 140 valence electrons. The highest BCUT2D eigenvalue weighted by Gasteiger charge is 2.18. The van der Waals surface area contributed by atoms with Crippen molar-refractivity contribution >= 4 is 12.2 Å². The molecule has 0 radical (unpaired) electrons. The molecule has 1 aromatic carbocycles. The van der Waals surface area contributed by atoms with Gasteiger partial charge < -0.3 is 9.26 Å². The lowest BCUT2D eigenvalue weighted by atomic mass is 10.1. The number of nitrogens with zero attached hydrogens (tertiary/aromatic N) is 4. The van der Waals surface area contributed by atoms with Crippen LogP contribution in [0.1, 0.15) is 22.5 Å². The van der Waals surface area contributed by atoms with Crippen LogP contribution in [-0.2, 0) is 6.61 Å². The normalized spacial score (nSPS) is 10.7. The minimum Gasteiger partial charge on any atom is -0.473 e. The first-order valence-electron chi connectivity index (χ1n) is 8.95. The highest BCUT2D eigenvalue weighted by atomic mass is 16.5. The molecule has 0 amide bonds. The molecule has 29 heavy (non-hydrogen) atoms. The molecule has 6 nitrogen and oxygen atoms in total. The predicted molar refractivity (Wildman–Crippen MR) is 108 cm³/mol. The summed E-state index contributed by atoms with van der Waals surface area (Å²) in [6.07, 6.45) is 6.99. The summed E-state index contributed by atoms with van der Waals surface area (Å²) in [6.45, 7) is 0.197. The highest BCUT2D eigenvalue weighted by Crippen LogP contribution is 2.26. The third-order valence-corrected chi connectivity index (χ3v) is 4.18. The zero-order valence-electron chi connectivity index (χ0n) is 15.4. The average molecular weight is 380 g/mol. The molecule has 6 heteroatoms. The number of hydrogen-bond acceptors (Lipinski definition) is 6. The van der Waals surface area contributed by atoms with Gasteiger partial charge in [-0.3, -0.25) is 4.98 Å². The van der Waals surface area contributed by atoms with Gasteiger partial charge in [0.25, 0.3) is 0 Å². The summed E-state index contributed by atoms with van der Waals surface area (Å²) in [5, 5.41) is 13.1. The number of benzene rings is 1. The molecule has 0 saturated carbocycles. The number of pyridine rings is 2. The van der Waals surface area contributed by atoms with Crippen LogP contribution >= 0.6 is 0 Å². The molecule has 0 spiro atoms. The Balaban J connectivity index is 1.63. The third kappa shape index (κ3) is 4.37. The molecule has 4 rings (SSSR count). The quantitative estimate of drug-likeness (QED) is 0.480. The van der Waals surface area contributed by atoms with Gasteiger partial charge in [-0.2, -0.15) is 5.26 Å². The van der Waals surface area contributed by atoms with Gasteiger partial charge >= 0.3 is 0 Å². The molecular weight excluding hydrogens is 364 g/mol. The monoisotopic (exact) mass is 380 g/mol. The second-order valence-corrected chi connectivity index (χ2v) is 6.12. The summed E-state index contributed by atoms with van der Waals surface area (Å²) < 4.78 is 11.4. The minimum absolute atomic E-state index is 0.197. The van der Waals surface area contributed by atoms with Crippen LogP contribution in [0.25, 0.3) is 23.5 Å². The molecule has 0 atom stereocenters. The largest absolute Gasteiger partial charge is 0.473 e. The fourth-order valence-corrected chi connectivity index (χ4v) is 2.71. The number of hydrogen-bond donors (Lipinski definition) is 0. The van der Waals surface area contributed by atoms with Crippen molar-refractivity contribution in [3.63, 3.8) is 0 Å². The van der Waals surface area contributed by atoms with E-state index < -0.39 is 0 Å². The molecule has 4 aromatic rings. The summed E-state index contributed by atoms with van der Waals surface area (Å²) in [5.41, 5.74) is 3.60. The van der Waals surface area contributed by atoms with E-state index in [1.807, 2.05) is 66.8 Å². The van der Waals surface area contributed by atoms with Crippen LogP contribution in [0, 0.1) is 11.3 Å². The van der Waals surface area contributed by atoms with Gasteiger partial charge in [-0.15, -0.1) is 0 Å². The van der Waals surface area contributed by atoms with Gasteiger partial charge in [0.1, 0.15) is 18.4 Å². The van der Waals surface area contributed by atoms with E-state index in [-0.39, 0.29) is 6.61 Å². The summed E-state index contributed by atoms with van der Waals surface area (Å²) >= 11 is 0. The Morgan fingerprint density at radius 2 is 1.83 bits per heavy atom. The molecule has 3 aromatic heterocycles. The number of ether oxygens (including phenoxy) is 1. The minimum atomic E-state index is 0.197. The van der Waals surface area contributed by atoms with Gasteiger partial charge in [-0.1, -0.05) is 47.6 Å². The van der Waals surface area contributed by atoms with E-state index in [2.05, 4.69) is 15.1 Å². The van der Waals surface area contributed by atoms with Crippen LogP contribution in [0.2, 0.25) is 0 Å². The Morgan fingerprint density at radius 3 is 2.55 bits per heavy atom. The van der Waals surface area contributed by atoms with E-state index in [1.54, 1.807) is 18.3 Å². The number of rotatable bonds is 6. The fourth-order valence-electron chi connectivity index (χ4n) is 2.71. The lowest BCUT2D eigenvalue weighted by molar-refractivity contribution is 0.292. The molecule has 0 aliphatic heterocycles. The molecule has 3 heterocycles. The number of nitriles is 1. The van der Waals surface area contributed by atoms with Gasteiger partial charge in [-0.25, -0.2) is 4.98 Å². The van der Waals surface area contributed by atoms with Crippen molar-refractivity contribution in [2.75, 3.05) is 0 Å². The van der Waals surface area contributed by atoms with Crippen LogP contribution in [0.4, 0.5) is 0 Å². The third-order valence-electron chi connectivity index (χ3n) is 4.18. The maximum absolute atomic E-state index is 8.89. The van der Waals surface area contributed by atoms with Crippen LogP contribution in [0.5, 0.6) is 5.88 Å². The van der Waals surface area contributed by atoms with Crippen molar-refractivity contribution in [2.45, 2.75) is 6.61 Å². The van der Waals surface area contributed by atoms with Crippen LogP contribution < -0.4 is 4.74 Å². The molecular formula is C23H16N4O2. The summed E-state index contributed by atoms with van der Waals surface area (Å²) in [4.78, 5) is 8.51. The fraction of sp³-hybridized carbons (Fsp3) is 0.0435. The zero-order valence-corrected chi connectivity index (χ0v) is 15.4. The van der Waals surface area contributed by atoms with Crippen LogP contribution in [0.15, 0.2) is 77.6 Å². The van der Waals surface area contributed by atoms with Crippen molar-refractivity contribution in [1.29, 1.82) is 5.26 Å². The predicted octanol–water partition coefficient (Wildman–Crippen LogP) is 4.75. The van der Waals surface area contributed by atoms with Crippen molar-refractivity contribution in [2.24, 2.45) is 0 Å². The zero-order chi connectivity index (χ0) is 19.9. The Hall–Kier alpha value is -4.24. The molecule has 0 N–H and O–H groups in total. The Kier molecular flexibility index (Phi) is 5.40. The van der Waals surface area contributed by atoms with E-state index in [9.17, 15) is 0 Å². The second-order valence-electron chi connectivity index (χ2n) is 6.12. The first-order valence-corrected chi connectivity index (χ1v) is 8.95. The van der Waals surface area contributed by atoms with Gasteiger partial charge in [0.15, 0.2) is 5.76 Å². The molecule has 0 saturated heterocycles. The summed E-state index contributed by atoms with van der Waals surface area (Å²) in [6, 6.07) is 20.9. The maximum Gasteiger partial charge on any atom is 0.213 e. The van der Waals surface area contributed by atoms with E-state index in [1.165, 1.54) is 6.20 Å². The van der Waals surface area contributed by atoms with Gasteiger partial charge in [-0.05, 0) is 29.8 Å². The van der Waals surface area contributed by atoms with E-state index in [4.69, 9.17) is 14.5 Å². The summed E-state index contributed by atoms with van der Waals surface area (Å²) in [7, 11) is 0. The maximum atomic E-state index is 8.89. The van der Waals surface area contributed by atoms with Gasteiger partial charge in [0, 0.05) is 18.5 Å². The molecule has 0 bridgehead atoms. The molecule has 0 aliphatic rings. The summed E-state index contributed by atoms with van der Waals surface area (Å²) in [5.74, 6) is 0.998. The van der Waals surface area contributed by atoms with Crippen molar-refractivity contribution < 1.29 is 9.26 Å². The SMILES string of the molecule is N#Cc1ccc(OCc2c(-c3ccccn3)noc2C=Cc2ccccc2)nc1.